The van der Waals surface area contributed by atoms with E-state index in [1.165, 1.54) is 19.9 Å². The fourth-order valence-electron chi connectivity index (χ4n) is 4.26. The van der Waals surface area contributed by atoms with Crippen molar-refractivity contribution in [1.29, 1.82) is 0 Å². The molecule has 0 amide bonds. The van der Waals surface area contributed by atoms with Crippen LogP contribution in [-0.4, -0.2) is 153 Å². The average molecular weight is 772 g/mol. The van der Waals surface area contributed by atoms with Crippen LogP contribution in [-0.2, 0) is 46.2 Å². The average Bonchev–Trinajstić information content (AvgIpc) is 2.77. The summed E-state index contributed by atoms with van der Waals surface area (Å²) in [6.45, 7) is 21.5. The molecule has 0 aromatic carbocycles. The molecule has 12 nitrogen and oxygen atoms in total. The first-order chi connectivity index (χ1) is 18.8. The van der Waals surface area contributed by atoms with Crippen molar-refractivity contribution in [1.82, 2.24) is 0 Å². The predicted octanol–water partition coefficient (Wildman–Crippen LogP) is 4.67. The van der Waals surface area contributed by atoms with Gasteiger partial charge in [-0.2, -0.15) is 6.61 Å². The first-order valence-electron chi connectivity index (χ1n) is 14.4. The summed E-state index contributed by atoms with van der Waals surface area (Å²) in [6, 6.07) is 0. The third kappa shape index (κ3) is 18.7. The van der Waals surface area contributed by atoms with Crippen LogP contribution in [0.3, 0.4) is 0 Å². The quantitative estimate of drug-likeness (QED) is 0.144. The van der Waals surface area contributed by atoms with Crippen LogP contribution < -0.4 is 0 Å². The number of hydrogen-bond acceptors (Lipinski definition) is 12. The van der Waals surface area contributed by atoms with Gasteiger partial charge in [-0.3, -0.25) is 13.7 Å². The Morgan fingerprint density at radius 2 is 1.29 bits per heavy atom. The van der Waals surface area contributed by atoms with E-state index in [4.69, 9.17) is 37.0 Å². The topological polar surface area (TPSA) is 148 Å². The van der Waals surface area contributed by atoms with Crippen molar-refractivity contribution in [3.63, 3.8) is 0 Å². The van der Waals surface area contributed by atoms with Gasteiger partial charge in [-0.1, -0.05) is 0 Å². The van der Waals surface area contributed by atoms with Gasteiger partial charge in [0.1, 0.15) is 12.2 Å². The second-order valence-corrected chi connectivity index (χ2v) is 15.7. The summed E-state index contributed by atoms with van der Waals surface area (Å²) < 4.78 is 68.6. The number of rotatable bonds is 14. The van der Waals surface area contributed by atoms with Gasteiger partial charge < -0.3 is 44.2 Å². The van der Waals surface area contributed by atoms with E-state index in [1.54, 1.807) is 27.7 Å². The molecule has 0 aliphatic carbocycles. The Kier molecular flexibility index (Phi) is 21.6. The Balaban J connectivity index is 0. The van der Waals surface area contributed by atoms with Crippen LogP contribution in [0, 0.1) is 6.61 Å². The third-order valence-electron chi connectivity index (χ3n) is 5.66. The maximum absolute atomic E-state index is 12.4. The van der Waals surface area contributed by atoms with Gasteiger partial charge in [0.2, 0.25) is 0 Å². The molecule has 0 spiro atoms. The van der Waals surface area contributed by atoms with Gasteiger partial charge >= 0.3 is 64.1 Å². The molecule has 0 bridgehead atoms. The molecule has 0 saturated carbocycles. The molecule has 0 radical (unpaired) electrons. The SMILES string of the molecule is CC(C)OCC1OC(C)CC(O)C1OP(C)(=O)OC(C)C.CC(C)OCC1O[CH-]C(O)CC1OP(C)(=O)OC(C)C.[Ba+2].[H-]. The standard InChI is InChI=1S/C14H29O6P.C13H26O6P.Ba.H/c1-9(2)17-8-13-14(12(15)7-11(5)18-13)20-21(6,16)19-10(3)4;1-9(2)16-8-13-12(6-11(14)7-17-13)19-20(5,15)18-10(3)4;;/h9-15H,7-8H2,1-6H3;7,9-14H,6,8H2,1-5H3;;/q;-1;+2;-1. The second-order valence-electron chi connectivity index (χ2n) is 11.7. The molecule has 0 aromatic heterocycles. The molecular formula is C27H56BaO12P2. The molecule has 9 unspecified atom stereocenters. The number of aliphatic hydroxyl groups excluding tert-OH is 2. The molecule has 2 aliphatic heterocycles. The van der Waals surface area contributed by atoms with Crippen LogP contribution in [0.15, 0.2) is 0 Å². The summed E-state index contributed by atoms with van der Waals surface area (Å²) in [5, 5.41) is 19.9. The van der Waals surface area contributed by atoms with E-state index in [0.717, 1.165) is 0 Å². The van der Waals surface area contributed by atoms with E-state index in [0.29, 0.717) is 19.4 Å². The molecular weight excluding hydrogens is 716 g/mol. The fourth-order valence-corrected chi connectivity index (χ4v) is 7.33. The summed E-state index contributed by atoms with van der Waals surface area (Å²) in [6.07, 6.45) is -3.25. The van der Waals surface area contributed by atoms with Gasteiger partial charge in [-0.25, -0.2) is 0 Å². The Morgan fingerprint density at radius 3 is 1.76 bits per heavy atom. The second kappa shape index (κ2) is 20.8. The molecule has 9 atom stereocenters. The van der Waals surface area contributed by atoms with Gasteiger partial charge in [0.05, 0.1) is 62.0 Å². The van der Waals surface area contributed by atoms with E-state index < -0.39 is 51.8 Å². The number of aliphatic hydroxyl groups is 2. The van der Waals surface area contributed by atoms with Crippen LogP contribution in [0.2, 0.25) is 0 Å². The van der Waals surface area contributed by atoms with Crippen molar-refractivity contribution in [3.8, 4) is 0 Å². The first-order valence-corrected chi connectivity index (χ1v) is 18.4. The molecule has 2 rings (SSSR count). The molecule has 42 heavy (non-hydrogen) atoms. The minimum Gasteiger partial charge on any atom is -1.00 e. The van der Waals surface area contributed by atoms with Gasteiger partial charge in [-0.15, -0.1) is 0 Å². The molecule has 2 saturated heterocycles. The molecule has 2 fully saturated rings. The number of ether oxygens (including phenoxy) is 4. The van der Waals surface area contributed by atoms with E-state index >= 15 is 0 Å². The minimum atomic E-state index is -3.25. The van der Waals surface area contributed by atoms with Gasteiger partial charge in [-0.05, 0) is 74.8 Å². The van der Waals surface area contributed by atoms with Crippen molar-refractivity contribution >= 4 is 64.1 Å². The Hall–Kier alpha value is 1.63. The summed E-state index contributed by atoms with van der Waals surface area (Å²) in [7, 11) is -6.44. The zero-order valence-corrected chi connectivity index (χ0v) is 33.6. The summed E-state index contributed by atoms with van der Waals surface area (Å²) in [5.74, 6) is 0. The maximum Gasteiger partial charge on any atom is 2.00 e. The van der Waals surface area contributed by atoms with Crippen LogP contribution >= 0.6 is 15.2 Å². The summed E-state index contributed by atoms with van der Waals surface area (Å²) >= 11 is 0. The largest absolute Gasteiger partial charge is 2.00 e. The zero-order valence-electron chi connectivity index (χ0n) is 28.3. The molecule has 2 N–H and O–H groups in total. The Morgan fingerprint density at radius 1 is 0.810 bits per heavy atom. The van der Waals surface area contributed by atoms with Crippen LogP contribution in [0.1, 0.15) is 76.6 Å². The Labute approximate surface area is 295 Å². The van der Waals surface area contributed by atoms with Gasteiger partial charge in [0, 0.05) is 19.8 Å². The molecule has 2 heterocycles. The smallest absolute Gasteiger partial charge is 1.00 e. The summed E-state index contributed by atoms with van der Waals surface area (Å²) in [5.41, 5.74) is 0. The van der Waals surface area contributed by atoms with E-state index in [2.05, 4.69) is 0 Å². The number of hydrogen-bond donors (Lipinski definition) is 2. The third-order valence-corrected chi connectivity index (χ3v) is 8.55. The van der Waals surface area contributed by atoms with Crippen molar-refractivity contribution in [2.45, 2.75) is 142 Å². The van der Waals surface area contributed by atoms with E-state index in [9.17, 15) is 19.3 Å². The first kappa shape index (κ1) is 43.6. The van der Waals surface area contributed by atoms with Crippen LogP contribution in [0.4, 0.5) is 0 Å². The van der Waals surface area contributed by atoms with Gasteiger partial charge in [0.25, 0.3) is 0 Å². The Bertz CT molecular complexity index is 838. The maximum atomic E-state index is 12.4. The predicted molar refractivity (Wildman–Crippen MR) is 163 cm³/mol. The van der Waals surface area contributed by atoms with Crippen molar-refractivity contribution in [2.75, 3.05) is 26.5 Å². The molecule has 2 aliphatic rings. The molecule has 15 heteroatoms. The molecule has 0 aromatic rings. The van der Waals surface area contributed by atoms with E-state index in [1.807, 2.05) is 34.6 Å². The van der Waals surface area contributed by atoms with E-state index in [-0.39, 0.29) is 87.4 Å². The van der Waals surface area contributed by atoms with Gasteiger partial charge in [0.15, 0.2) is 0 Å². The normalized spacial score (nSPS) is 31.3. The monoisotopic (exact) mass is 772 g/mol. The fraction of sp³-hybridized carbons (Fsp3) is 0.963. The minimum absolute atomic E-state index is 0. The van der Waals surface area contributed by atoms with Crippen molar-refractivity contribution in [3.05, 3.63) is 6.61 Å². The van der Waals surface area contributed by atoms with Crippen LogP contribution in [0.5, 0.6) is 0 Å². The summed E-state index contributed by atoms with van der Waals surface area (Å²) in [4.78, 5) is 0. The van der Waals surface area contributed by atoms with Crippen molar-refractivity contribution in [2.24, 2.45) is 0 Å². The molecule has 248 valence electrons. The van der Waals surface area contributed by atoms with Crippen LogP contribution in [0.25, 0.3) is 0 Å². The zero-order chi connectivity index (χ0) is 31.5. The van der Waals surface area contributed by atoms with Crippen molar-refractivity contribution < 1.29 is 57.8 Å².